The molecule has 16 heavy (non-hydrogen) atoms. The highest BCUT2D eigenvalue weighted by Crippen LogP contribution is 2.05. The van der Waals surface area contributed by atoms with E-state index in [-0.39, 0.29) is 5.91 Å². The number of hydrogen-bond acceptors (Lipinski definition) is 4. The molecule has 0 saturated carbocycles. The summed E-state index contributed by atoms with van der Waals surface area (Å²) in [6.45, 7) is 1.28. The van der Waals surface area contributed by atoms with Crippen molar-refractivity contribution in [3.8, 4) is 0 Å². The molecule has 0 atom stereocenters. The first-order chi connectivity index (χ1) is 7.65. The van der Waals surface area contributed by atoms with E-state index in [2.05, 4.69) is 4.98 Å². The van der Waals surface area contributed by atoms with Gasteiger partial charge in [-0.25, -0.2) is 0 Å². The van der Waals surface area contributed by atoms with Crippen LogP contribution in [0.2, 0.25) is 0 Å². The number of methoxy groups -OCH3 is 1. The molecule has 0 saturated heterocycles. The molecule has 1 aromatic rings. The SMILES string of the molecule is COCCCN(C)C(=O)c1cc(N)ccn1. The van der Waals surface area contributed by atoms with Crippen molar-refractivity contribution in [3.05, 3.63) is 24.0 Å². The van der Waals surface area contributed by atoms with E-state index >= 15 is 0 Å². The molecular formula is C11H17N3O2. The van der Waals surface area contributed by atoms with Crippen LogP contribution in [0.3, 0.4) is 0 Å². The zero-order chi connectivity index (χ0) is 12.0. The Labute approximate surface area is 95.2 Å². The Balaban J connectivity index is 2.56. The summed E-state index contributed by atoms with van der Waals surface area (Å²) in [6.07, 6.45) is 2.34. The monoisotopic (exact) mass is 223 g/mol. The van der Waals surface area contributed by atoms with E-state index in [0.717, 1.165) is 6.42 Å². The first-order valence-corrected chi connectivity index (χ1v) is 5.11. The first kappa shape index (κ1) is 12.4. The van der Waals surface area contributed by atoms with Crippen LogP contribution in [-0.2, 0) is 4.74 Å². The van der Waals surface area contributed by atoms with E-state index in [0.29, 0.717) is 24.5 Å². The smallest absolute Gasteiger partial charge is 0.272 e. The fourth-order valence-electron chi connectivity index (χ4n) is 1.31. The van der Waals surface area contributed by atoms with Crippen molar-refractivity contribution in [2.45, 2.75) is 6.42 Å². The minimum absolute atomic E-state index is 0.122. The molecule has 0 fully saturated rings. The van der Waals surface area contributed by atoms with Gasteiger partial charge in [-0.05, 0) is 18.6 Å². The number of amides is 1. The van der Waals surface area contributed by atoms with Crippen molar-refractivity contribution in [1.82, 2.24) is 9.88 Å². The summed E-state index contributed by atoms with van der Waals surface area (Å²) < 4.78 is 4.92. The summed E-state index contributed by atoms with van der Waals surface area (Å²) in [5, 5.41) is 0. The number of pyridine rings is 1. The highest BCUT2D eigenvalue weighted by atomic mass is 16.5. The van der Waals surface area contributed by atoms with Gasteiger partial charge in [-0.1, -0.05) is 0 Å². The van der Waals surface area contributed by atoms with Crippen LogP contribution in [0, 0.1) is 0 Å². The van der Waals surface area contributed by atoms with E-state index in [4.69, 9.17) is 10.5 Å². The van der Waals surface area contributed by atoms with Crippen LogP contribution in [0.1, 0.15) is 16.9 Å². The summed E-state index contributed by atoms with van der Waals surface area (Å²) in [5.41, 5.74) is 6.51. The minimum atomic E-state index is -0.122. The van der Waals surface area contributed by atoms with Crippen LogP contribution in [0.5, 0.6) is 0 Å². The molecule has 1 rings (SSSR count). The topological polar surface area (TPSA) is 68.5 Å². The Morgan fingerprint density at radius 1 is 1.62 bits per heavy atom. The molecule has 0 unspecified atom stereocenters. The molecule has 0 aliphatic heterocycles. The molecule has 2 N–H and O–H groups in total. The summed E-state index contributed by atoms with van der Waals surface area (Å²) in [5.74, 6) is -0.122. The number of aromatic nitrogens is 1. The van der Waals surface area contributed by atoms with Crippen molar-refractivity contribution >= 4 is 11.6 Å². The third kappa shape index (κ3) is 3.51. The Hall–Kier alpha value is -1.62. The van der Waals surface area contributed by atoms with Crippen LogP contribution >= 0.6 is 0 Å². The maximum atomic E-state index is 11.9. The second-order valence-corrected chi connectivity index (χ2v) is 3.55. The molecular weight excluding hydrogens is 206 g/mol. The molecule has 0 aliphatic rings. The van der Waals surface area contributed by atoms with Crippen LogP contribution in [0.15, 0.2) is 18.3 Å². The number of nitrogens with two attached hydrogens (primary N) is 1. The van der Waals surface area contributed by atoms with Gasteiger partial charge in [0.05, 0.1) is 0 Å². The standard InChI is InChI=1S/C11H17N3O2/c1-14(6-3-7-16-2)11(15)10-8-9(12)4-5-13-10/h4-5,8H,3,6-7H2,1-2H3,(H2,12,13). The van der Waals surface area contributed by atoms with Gasteiger partial charge in [-0.2, -0.15) is 0 Å². The number of anilines is 1. The molecule has 0 aliphatic carbocycles. The second-order valence-electron chi connectivity index (χ2n) is 3.55. The lowest BCUT2D eigenvalue weighted by molar-refractivity contribution is 0.0773. The molecule has 0 bridgehead atoms. The van der Waals surface area contributed by atoms with Gasteiger partial charge in [0.1, 0.15) is 5.69 Å². The van der Waals surface area contributed by atoms with E-state index in [9.17, 15) is 4.79 Å². The van der Waals surface area contributed by atoms with Crippen molar-refractivity contribution < 1.29 is 9.53 Å². The van der Waals surface area contributed by atoms with Gasteiger partial charge in [0.25, 0.3) is 5.91 Å². The number of nitrogen functional groups attached to an aromatic ring is 1. The zero-order valence-electron chi connectivity index (χ0n) is 9.64. The van der Waals surface area contributed by atoms with Crippen LogP contribution in [0.25, 0.3) is 0 Å². The lowest BCUT2D eigenvalue weighted by atomic mass is 10.3. The molecule has 1 amide bonds. The molecule has 1 heterocycles. The number of nitrogens with zero attached hydrogens (tertiary/aromatic N) is 2. The zero-order valence-corrected chi connectivity index (χ0v) is 9.64. The maximum absolute atomic E-state index is 11.9. The molecule has 88 valence electrons. The third-order valence-corrected chi connectivity index (χ3v) is 2.19. The molecule has 5 heteroatoms. The Kier molecular flexibility index (Phi) is 4.72. The van der Waals surface area contributed by atoms with Gasteiger partial charge < -0.3 is 15.4 Å². The molecule has 0 spiro atoms. The van der Waals surface area contributed by atoms with Crippen LogP contribution < -0.4 is 5.73 Å². The van der Waals surface area contributed by atoms with Crippen molar-refractivity contribution in [1.29, 1.82) is 0 Å². The molecule has 0 aromatic carbocycles. The van der Waals surface area contributed by atoms with Gasteiger partial charge >= 0.3 is 0 Å². The number of ether oxygens (including phenoxy) is 1. The third-order valence-electron chi connectivity index (χ3n) is 2.19. The second kappa shape index (κ2) is 6.07. The van der Waals surface area contributed by atoms with Gasteiger partial charge in [0.2, 0.25) is 0 Å². The lowest BCUT2D eigenvalue weighted by Crippen LogP contribution is -2.29. The quantitative estimate of drug-likeness (QED) is 0.749. The Morgan fingerprint density at radius 2 is 2.38 bits per heavy atom. The normalized spacial score (nSPS) is 10.1. The molecule has 0 radical (unpaired) electrons. The minimum Gasteiger partial charge on any atom is -0.399 e. The van der Waals surface area contributed by atoms with Crippen molar-refractivity contribution in [2.24, 2.45) is 0 Å². The fraction of sp³-hybridized carbons (Fsp3) is 0.455. The highest BCUT2D eigenvalue weighted by Gasteiger charge is 2.12. The summed E-state index contributed by atoms with van der Waals surface area (Å²) >= 11 is 0. The van der Waals surface area contributed by atoms with E-state index < -0.39 is 0 Å². The van der Waals surface area contributed by atoms with Gasteiger partial charge in [0.15, 0.2) is 0 Å². The van der Waals surface area contributed by atoms with Crippen LogP contribution in [0.4, 0.5) is 5.69 Å². The van der Waals surface area contributed by atoms with Crippen molar-refractivity contribution in [3.63, 3.8) is 0 Å². The number of rotatable bonds is 5. The van der Waals surface area contributed by atoms with Gasteiger partial charge in [-0.3, -0.25) is 9.78 Å². The van der Waals surface area contributed by atoms with Crippen LogP contribution in [-0.4, -0.2) is 43.1 Å². The summed E-state index contributed by atoms with van der Waals surface area (Å²) in [7, 11) is 3.38. The first-order valence-electron chi connectivity index (χ1n) is 5.11. The maximum Gasteiger partial charge on any atom is 0.272 e. The van der Waals surface area contributed by atoms with Gasteiger partial charge in [-0.15, -0.1) is 0 Å². The number of hydrogen-bond donors (Lipinski definition) is 1. The molecule has 1 aromatic heterocycles. The number of carbonyl (C=O) groups is 1. The average molecular weight is 223 g/mol. The largest absolute Gasteiger partial charge is 0.399 e. The number of carbonyl (C=O) groups excluding carboxylic acids is 1. The van der Waals surface area contributed by atoms with E-state index in [1.807, 2.05) is 0 Å². The Bertz CT molecular complexity index is 355. The molecule has 5 nitrogen and oxygen atoms in total. The Morgan fingerprint density at radius 3 is 3.00 bits per heavy atom. The summed E-state index contributed by atoms with van der Waals surface area (Å²) in [6, 6.07) is 3.23. The average Bonchev–Trinajstić information content (AvgIpc) is 2.28. The lowest BCUT2D eigenvalue weighted by Gasteiger charge is -2.16. The predicted molar refractivity (Wildman–Crippen MR) is 62.1 cm³/mol. The van der Waals surface area contributed by atoms with Crippen molar-refractivity contribution in [2.75, 3.05) is 33.0 Å². The predicted octanol–water partition coefficient (Wildman–Crippen LogP) is 0.772. The van der Waals surface area contributed by atoms with E-state index in [1.165, 1.54) is 6.20 Å². The van der Waals surface area contributed by atoms with Gasteiger partial charge in [0, 0.05) is 39.2 Å². The highest BCUT2D eigenvalue weighted by molar-refractivity contribution is 5.92. The van der Waals surface area contributed by atoms with E-state index in [1.54, 1.807) is 31.2 Å². The summed E-state index contributed by atoms with van der Waals surface area (Å²) in [4.78, 5) is 17.5. The fourth-order valence-corrected chi connectivity index (χ4v) is 1.31.